The molecule has 1 N–H and O–H groups in total. The minimum Gasteiger partial charge on any atom is -0.482 e. The smallest absolute Gasteiger partial charge is 0.157 e. The van der Waals surface area contributed by atoms with Gasteiger partial charge in [0, 0.05) is 0 Å². The van der Waals surface area contributed by atoms with Gasteiger partial charge in [0.25, 0.3) is 0 Å². The highest BCUT2D eigenvalue weighted by Gasteiger charge is 2.39. The zero-order valence-electron chi connectivity index (χ0n) is 8.55. The molecule has 2 nitrogen and oxygen atoms in total. The van der Waals surface area contributed by atoms with Gasteiger partial charge in [-0.15, -0.1) is 0 Å². The first-order valence-corrected chi connectivity index (χ1v) is 6.30. The van der Waals surface area contributed by atoms with E-state index in [2.05, 4.69) is 27.3 Å². The zero-order chi connectivity index (χ0) is 10.3. The standard InChI is InChI=1S/C12H14BrNO/c13-9-4-3-5-10-11(9)15-12(8-14-10)6-1-2-7-12/h3-5,14H,1-2,6-8H2. The zero-order valence-corrected chi connectivity index (χ0v) is 10.1. The Kier molecular flexibility index (Phi) is 2.16. The summed E-state index contributed by atoms with van der Waals surface area (Å²) in [4.78, 5) is 0. The van der Waals surface area contributed by atoms with E-state index < -0.39 is 0 Å². The van der Waals surface area contributed by atoms with Gasteiger partial charge < -0.3 is 10.1 Å². The number of anilines is 1. The summed E-state index contributed by atoms with van der Waals surface area (Å²) in [6.45, 7) is 0.955. The molecule has 0 amide bonds. The van der Waals surface area contributed by atoms with Gasteiger partial charge in [-0.1, -0.05) is 6.07 Å². The molecule has 1 heterocycles. The first-order chi connectivity index (χ1) is 7.29. The monoisotopic (exact) mass is 267 g/mol. The maximum atomic E-state index is 6.20. The topological polar surface area (TPSA) is 21.3 Å². The van der Waals surface area contributed by atoms with Crippen LogP contribution >= 0.6 is 15.9 Å². The van der Waals surface area contributed by atoms with Crippen LogP contribution < -0.4 is 10.1 Å². The van der Waals surface area contributed by atoms with E-state index in [1.54, 1.807) is 0 Å². The predicted octanol–water partition coefficient (Wildman–Crippen LogP) is 3.57. The van der Waals surface area contributed by atoms with Gasteiger partial charge in [-0.3, -0.25) is 0 Å². The van der Waals surface area contributed by atoms with Gasteiger partial charge >= 0.3 is 0 Å². The van der Waals surface area contributed by atoms with Crippen molar-refractivity contribution < 1.29 is 4.74 Å². The summed E-state index contributed by atoms with van der Waals surface area (Å²) in [5.41, 5.74) is 1.18. The van der Waals surface area contributed by atoms with Crippen LogP contribution in [0.25, 0.3) is 0 Å². The minimum absolute atomic E-state index is 0.0663. The van der Waals surface area contributed by atoms with Gasteiger partial charge in [-0.25, -0.2) is 0 Å². The number of halogens is 1. The largest absolute Gasteiger partial charge is 0.482 e. The molecule has 1 aliphatic carbocycles. The molecular weight excluding hydrogens is 254 g/mol. The van der Waals surface area contributed by atoms with Crippen LogP contribution in [-0.4, -0.2) is 12.1 Å². The van der Waals surface area contributed by atoms with Gasteiger partial charge in [-0.2, -0.15) is 0 Å². The first kappa shape index (κ1) is 9.52. The lowest BCUT2D eigenvalue weighted by Crippen LogP contribution is -2.43. The molecule has 1 spiro atoms. The normalized spacial score (nSPS) is 21.9. The molecule has 0 bridgehead atoms. The molecule has 1 aromatic rings. The van der Waals surface area contributed by atoms with E-state index in [-0.39, 0.29) is 5.60 Å². The molecule has 0 atom stereocenters. The highest BCUT2D eigenvalue weighted by Crippen LogP contribution is 2.44. The molecule has 3 rings (SSSR count). The lowest BCUT2D eigenvalue weighted by molar-refractivity contribution is 0.0820. The average molecular weight is 268 g/mol. The fourth-order valence-corrected chi connectivity index (χ4v) is 3.01. The number of hydrogen-bond donors (Lipinski definition) is 1. The van der Waals surface area contributed by atoms with Gasteiger partial charge in [-0.05, 0) is 53.7 Å². The summed E-state index contributed by atoms with van der Waals surface area (Å²) >= 11 is 3.55. The summed E-state index contributed by atoms with van der Waals surface area (Å²) in [5, 5.41) is 3.48. The van der Waals surface area contributed by atoms with Crippen LogP contribution in [0.4, 0.5) is 5.69 Å². The van der Waals surface area contributed by atoms with E-state index in [9.17, 15) is 0 Å². The van der Waals surface area contributed by atoms with Crippen molar-refractivity contribution in [3.05, 3.63) is 22.7 Å². The van der Waals surface area contributed by atoms with E-state index >= 15 is 0 Å². The van der Waals surface area contributed by atoms with E-state index in [1.165, 1.54) is 25.7 Å². The summed E-state index contributed by atoms with van der Waals surface area (Å²) in [5.74, 6) is 0.991. The van der Waals surface area contributed by atoms with Crippen molar-refractivity contribution in [1.82, 2.24) is 0 Å². The minimum atomic E-state index is 0.0663. The van der Waals surface area contributed by atoms with E-state index in [0.717, 1.165) is 22.5 Å². The Labute approximate surface area is 98.1 Å². The van der Waals surface area contributed by atoms with Crippen molar-refractivity contribution in [3.63, 3.8) is 0 Å². The number of fused-ring (bicyclic) bond motifs is 1. The Hall–Kier alpha value is -0.700. The van der Waals surface area contributed by atoms with Crippen LogP contribution in [0.3, 0.4) is 0 Å². The van der Waals surface area contributed by atoms with E-state index in [1.807, 2.05) is 12.1 Å². The number of nitrogens with one attached hydrogen (secondary N) is 1. The molecule has 1 aliphatic heterocycles. The highest BCUT2D eigenvalue weighted by atomic mass is 79.9. The molecule has 0 unspecified atom stereocenters. The number of para-hydroxylation sites is 1. The van der Waals surface area contributed by atoms with Gasteiger partial charge in [0.15, 0.2) is 5.75 Å². The van der Waals surface area contributed by atoms with Crippen LogP contribution in [0.15, 0.2) is 22.7 Å². The second-order valence-corrected chi connectivity index (χ2v) is 5.32. The molecule has 0 saturated heterocycles. The maximum Gasteiger partial charge on any atom is 0.157 e. The molecule has 15 heavy (non-hydrogen) atoms. The third kappa shape index (κ3) is 1.53. The Morgan fingerprint density at radius 1 is 1.27 bits per heavy atom. The van der Waals surface area contributed by atoms with Crippen LogP contribution in [0.5, 0.6) is 5.75 Å². The summed E-state index contributed by atoms with van der Waals surface area (Å²) in [6.07, 6.45) is 4.95. The number of ether oxygens (including phenoxy) is 1. The lowest BCUT2D eigenvalue weighted by Gasteiger charge is -2.36. The number of benzene rings is 1. The highest BCUT2D eigenvalue weighted by molar-refractivity contribution is 9.10. The first-order valence-electron chi connectivity index (χ1n) is 5.51. The van der Waals surface area contributed by atoms with Crippen molar-refractivity contribution in [1.29, 1.82) is 0 Å². The van der Waals surface area contributed by atoms with Crippen LogP contribution in [0.2, 0.25) is 0 Å². The number of rotatable bonds is 0. The summed E-state index contributed by atoms with van der Waals surface area (Å²) in [6, 6.07) is 6.14. The number of hydrogen-bond acceptors (Lipinski definition) is 2. The quantitative estimate of drug-likeness (QED) is 0.776. The second-order valence-electron chi connectivity index (χ2n) is 4.46. The molecular formula is C12H14BrNO. The van der Waals surface area contributed by atoms with Crippen LogP contribution in [-0.2, 0) is 0 Å². The Balaban J connectivity index is 1.98. The van der Waals surface area contributed by atoms with Crippen LogP contribution in [0, 0.1) is 0 Å². The maximum absolute atomic E-state index is 6.20. The fourth-order valence-electron chi connectivity index (χ4n) is 2.56. The Bertz CT molecular complexity index is 385. The molecule has 1 aromatic carbocycles. The molecule has 80 valence electrons. The molecule has 2 aliphatic rings. The van der Waals surface area contributed by atoms with E-state index in [4.69, 9.17) is 4.74 Å². The lowest BCUT2D eigenvalue weighted by atomic mass is 10.00. The SMILES string of the molecule is Brc1cccc2c1OC1(CCCC1)CN2. The second kappa shape index (κ2) is 3.41. The van der Waals surface area contributed by atoms with Gasteiger partial charge in [0.1, 0.15) is 5.60 Å². The van der Waals surface area contributed by atoms with E-state index in [0.29, 0.717) is 0 Å². The van der Waals surface area contributed by atoms with Crippen molar-refractivity contribution in [2.45, 2.75) is 31.3 Å². The van der Waals surface area contributed by atoms with Gasteiger partial charge in [0.05, 0.1) is 16.7 Å². The molecule has 1 saturated carbocycles. The Morgan fingerprint density at radius 2 is 2.07 bits per heavy atom. The fraction of sp³-hybridized carbons (Fsp3) is 0.500. The molecule has 0 radical (unpaired) electrons. The predicted molar refractivity (Wildman–Crippen MR) is 64.5 cm³/mol. The van der Waals surface area contributed by atoms with Crippen molar-refractivity contribution >= 4 is 21.6 Å². The molecule has 1 fully saturated rings. The third-order valence-corrected chi connectivity index (χ3v) is 4.03. The Morgan fingerprint density at radius 3 is 2.87 bits per heavy atom. The molecule has 0 aromatic heterocycles. The van der Waals surface area contributed by atoms with Crippen LogP contribution in [0.1, 0.15) is 25.7 Å². The van der Waals surface area contributed by atoms with Crippen molar-refractivity contribution in [3.8, 4) is 5.75 Å². The van der Waals surface area contributed by atoms with Gasteiger partial charge in [0.2, 0.25) is 0 Å². The molecule has 3 heteroatoms. The average Bonchev–Trinajstić information content (AvgIpc) is 2.68. The summed E-state index contributed by atoms with van der Waals surface area (Å²) in [7, 11) is 0. The summed E-state index contributed by atoms with van der Waals surface area (Å²) < 4.78 is 7.26. The van der Waals surface area contributed by atoms with Crippen molar-refractivity contribution in [2.24, 2.45) is 0 Å². The third-order valence-electron chi connectivity index (χ3n) is 3.40. The van der Waals surface area contributed by atoms with Crippen molar-refractivity contribution in [2.75, 3.05) is 11.9 Å².